The highest BCUT2D eigenvalue weighted by molar-refractivity contribution is 5.36. The fourth-order valence-electron chi connectivity index (χ4n) is 1.48. The number of halogens is 1. The van der Waals surface area contributed by atoms with Crippen molar-refractivity contribution in [3.8, 4) is 17.6 Å². The lowest BCUT2D eigenvalue weighted by atomic mass is 10.1. The number of hydrogen-bond donors (Lipinski definition) is 1. The first-order valence-corrected chi connectivity index (χ1v) is 5.68. The average Bonchev–Trinajstić information content (AvgIpc) is 2.35. The third kappa shape index (κ3) is 4.08. The maximum Gasteiger partial charge on any atom is 0.124 e. The Labute approximate surface area is 102 Å². The largest absolute Gasteiger partial charge is 0.492 e. The van der Waals surface area contributed by atoms with Gasteiger partial charge in [0, 0.05) is 18.0 Å². The van der Waals surface area contributed by atoms with Gasteiger partial charge in [-0.3, -0.25) is 0 Å². The lowest BCUT2D eigenvalue weighted by Crippen LogP contribution is -2.14. The smallest absolute Gasteiger partial charge is 0.124 e. The van der Waals surface area contributed by atoms with Crippen molar-refractivity contribution in [2.45, 2.75) is 26.3 Å². The van der Waals surface area contributed by atoms with Crippen molar-refractivity contribution < 1.29 is 9.13 Å². The third-order valence-electron chi connectivity index (χ3n) is 2.53. The van der Waals surface area contributed by atoms with Gasteiger partial charge in [-0.05, 0) is 39.1 Å². The first kappa shape index (κ1) is 13.5. The summed E-state index contributed by atoms with van der Waals surface area (Å²) in [5.41, 5.74) is 0.831. The zero-order valence-corrected chi connectivity index (χ0v) is 10.5. The number of ether oxygens (including phenoxy) is 1. The molecule has 0 spiro atoms. The molecule has 0 aliphatic heterocycles. The molecule has 0 saturated carbocycles. The molecule has 0 fully saturated rings. The predicted molar refractivity (Wildman–Crippen MR) is 67.4 cm³/mol. The van der Waals surface area contributed by atoms with E-state index in [2.05, 4.69) is 17.2 Å². The van der Waals surface area contributed by atoms with Crippen LogP contribution in [0.4, 0.5) is 4.39 Å². The number of rotatable bonds is 5. The zero-order chi connectivity index (χ0) is 12.7. The second-order valence-corrected chi connectivity index (χ2v) is 3.72. The maximum absolute atomic E-state index is 13.2. The van der Waals surface area contributed by atoms with E-state index in [1.54, 1.807) is 13.0 Å². The predicted octanol–water partition coefficient (Wildman–Crippen LogP) is 2.90. The monoisotopic (exact) mass is 235 g/mol. The summed E-state index contributed by atoms with van der Waals surface area (Å²) >= 11 is 0. The van der Waals surface area contributed by atoms with Crippen LogP contribution < -0.4 is 10.1 Å². The molecule has 0 amide bonds. The quantitative estimate of drug-likeness (QED) is 0.626. The van der Waals surface area contributed by atoms with Gasteiger partial charge in [0.15, 0.2) is 0 Å². The van der Waals surface area contributed by atoms with E-state index in [0.717, 1.165) is 5.56 Å². The Bertz CT molecular complexity index is 420. The summed E-state index contributed by atoms with van der Waals surface area (Å²) in [6.45, 7) is 4.29. The molecule has 1 aromatic carbocycles. The van der Waals surface area contributed by atoms with Crippen LogP contribution in [0.2, 0.25) is 0 Å². The van der Waals surface area contributed by atoms with Gasteiger partial charge in [0.25, 0.3) is 0 Å². The second-order valence-electron chi connectivity index (χ2n) is 3.72. The van der Waals surface area contributed by atoms with Crippen LogP contribution in [0, 0.1) is 17.7 Å². The van der Waals surface area contributed by atoms with Gasteiger partial charge in [-0.1, -0.05) is 0 Å². The Hall–Kier alpha value is -1.53. The van der Waals surface area contributed by atoms with Crippen molar-refractivity contribution in [3.05, 3.63) is 29.6 Å². The van der Waals surface area contributed by atoms with Crippen molar-refractivity contribution in [2.75, 3.05) is 13.7 Å². The fourth-order valence-corrected chi connectivity index (χ4v) is 1.48. The van der Waals surface area contributed by atoms with Gasteiger partial charge >= 0.3 is 0 Å². The van der Waals surface area contributed by atoms with E-state index in [1.807, 2.05) is 14.0 Å². The Balaban J connectivity index is 2.78. The van der Waals surface area contributed by atoms with E-state index in [-0.39, 0.29) is 11.9 Å². The molecule has 92 valence electrons. The molecular weight excluding hydrogens is 217 g/mol. The van der Waals surface area contributed by atoms with E-state index in [9.17, 15) is 4.39 Å². The van der Waals surface area contributed by atoms with Crippen LogP contribution in [0.15, 0.2) is 18.2 Å². The summed E-state index contributed by atoms with van der Waals surface area (Å²) < 4.78 is 18.8. The third-order valence-corrected chi connectivity index (χ3v) is 2.53. The molecule has 1 rings (SSSR count). The standard InChI is InChI=1S/C14H18FNO/c1-4-5-6-9-17-14-8-7-12(15)10-13(14)11(2)16-3/h7-8,10-11,16H,6,9H2,1-3H3. The molecule has 0 radical (unpaired) electrons. The number of nitrogens with one attached hydrogen (secondary N) is 1. The Morgan fingerprint density at radius 3 is 2.88 bits per heavy atom. The Morgan fingerprint density at radius 1 is 1.47 bits per heavy atom. The second kappa shape index (κ2) is 6.93. The normalized spacial score (nSPS) is 11.5. The van der Waals surface area contributed by atoms with E-state index >= 15 is 0 Å². The molecular formula is C14H18FNO. The van der Waals surface area contributed by atoms with Crippen molar-refractivity contribution in [1.29, 1.82) is 0 Å². The van der Waals surface area contributed by atoms with Crippen LogP contribution in [0.25, 0.3) is 0 Å². The summed E-state index contributed by atoms with van der Waals surface area (Å²) in [5.74, 6) is 6.20. The summed E-state index contributed by atoms with van der Waals surface area (Å²) in [5, 5.41) is 3.08. The molecule has 2 nitrogen and oxygen atoms in total. The van der Waals surface area contributed by atoms with Gasteiger partial charge in [-0.15, -0.1) is 11.8 Å². The number of hydrogen-bond acceptors (Lipinski definition) is 2. The molecule has 0 saturated heterocycles. The summed E-state index contributed by atoms with van der Waals surface area (Å²) in [6, 6.07) is 4.63. The minimum Gasteiger partial charge on any atom is -0.492 e. The topological polar surface area (TPSA) is 21.3 Å². The molecule has 17 heavy (non-hydrogen) atoms. The van der Waals surface area contributed by atoms with Crippen LogP contribution in [-0.2, 0) is 0 Å². The van der Waals surface area contributed by atoms with Gasteiger partial charge in [0.05, 0.1) is 6.61 Å². The van der Waals surface area contributed by atoms with Gasteiger partial charge in [0.1, 0.15) is 11.6 Å². The SMILES string of the molecule is CC#CCCOc1ccc(F)cc1C(C)NC. The van der Waals surface area contributed by atoms with Crippen molar-refractivity contribution in [3.63, 3.8) is 0 Å². The molecule has 1 unspecified atom stereocenters. The van der Waals surface area contributed by atoms with E-state index in [4.69, 9.17) is 4.74 Å². The lowest BCUT2D eigenvalue weighted by molar-refractivity contribution is 0.320. The van der Waals surface area contributed by atoms with Gasteiger partial charge in [-0.25, -0.2) is 4.39 Å². The lowest BCUT2D eigenvalue weighted by Gasteiger charge is -2.16. The molecule has 1 N–H and O–H groups in total. The molecule has 0 aromatic heterocycles. The summed E-state index contributed by atoms with van der Waals surface area (Å²) in [4.78, 5) is 0. The highest BCUT2D eigenvalue weighted by Gasteiger charge is 2.11. The van der Waals surface area contributed by atoms with E-state index < -0.39 is 0 Å². The molecule has 3 heteroatoms. The minimum absolute atomic E-state index is 0.0537. The molecule has 0 bridgehead atoms. The van der Waals surface area contributed by atoms with Crippen molar-refractivity contribution >= 4 is 0 Å². The molecule has 1 atom stereocenters. The van der Waals surface area contributed by atoms with Crippen LogP contribution >= 0.6 is 0 Å². The molecule has 1 aromatic rings. The molecule has 0 heterocycles. The van der Waals surface area contributed by atoms with Crippen LogP contribution in [0.5, 0.6) is 5.75 Å². The molecule has 0 aliphatic carbocycles. The Morgan fingerprint density at radius 2 is 2.24 bits per heavy atom. The van der Waals surface area contributed by atoms with Crippen LogP contribution in [0.3, 0.4) is 0 Å². The average molecular weight is 235 g/mol. The summed E-state index contributed by atoms with van der Waals surface area (Å²) in [6.07, 6.45) is 0.682. The number of benzene rings is 1. The van der Waals surface area contributed by atoms with E-state index in [1.165, 1.54) is 12.1 Å². The van der Waals surface area contributed by atoms with Gasteiger partial charge < -0.3 is 10.1 Å². The van der Waals surface area contributed by atoms with E-state index in [0.29, 0.717) is 18.8 Å². The first-order valence-electron chi connectivity index (χ1n) is 5.68. The first-order chi connectivity index (χ1) is 8.19. The highest BCUT2D eigenvalue weighted by atomic mass is 19.1. The van der Waals surface area contributed by atoms with Gasteiger partial charge in [0.2, 0.25) is 0 Å². The fraction of sp³-hybridized carbons (Fsp3) is 0.429. The highest BCUT2D eigenvalue weighted by Crippen LogP contribution is 2.25. The maximum atomic E-state index is 13.2. The zero-order valence-electron chi connectivity index (χ0n) is 10.5. The molecule has 0 aliphatic rings. The Kier molecular flexibility index (Phi) is 5.51. The summed E-state index contributed by atoms with van der Waals surface area (Å²) in [7, 11) is 1.84. The van der Waals surface area contributed by atoms with Crippen LogP contribution in [-0.4, -0.2) is 13.7 Å². The van der Waals surface area contributed by atoms with Crippen LogP contribution in [0.1, 0.15) is 31.9 Å². The van der Waals surface area contributed by atoms with Gasteiger partial charge in [-0.2, -0.15) is 0 Å². The van der Waals surface area contributed by atoms with Crippen molar-refractivity contribution in [2.24, 2.45) is 0 Å². The van der Waals surface area contributed by atoms with Crippen molar-refractivity contribution in [1.82, 2.24) is 5.32 Å². The minimum atomic E-state index is -0.247.